The quantitative estimate of drug-likeness (QED) is 0.396. The van der Waals surface area contributed by atoms with Crippen LogP contribution in [0.5, 0.6) is 0 Å². The maximum Gasteiger partial charge on any atom is 0.155 e. The van der Waals surface area contributed by atoms with Gasteiger partial charge in [0.15, 0.2) is 6.29 Å². The van der Waals surface area contributed by atoms with E-state index in [4.69, 9.17) is 4.74 Å². The number of hydrogen-bond donors (Lipinski definition) is 5. The van der Waals surface area contributed by atoms with Gasteiger partial charge in [-0.25, -0.2) is 0 Å². The van der Waals surface area contributed by atoms with Crippen LogP contribution in [0.1, 0.15) is 79.6 Å². The molecule has 1 heterocycles. The number of aliphatic hydroxyl groups excluding tert-OH is 5. The van der Waals surface area contributed by atoms with E-state index >= 15 is 0 Å². The average molecular weight is 509 g/mol. The van der Waals surface area contributed by atoms with Crippen LogP contribution >= 0.6 is 0 Å². The molecule has 7 heteroatoms. The Kier molecular flexibility index (Phi) is 6.96. The van der Waals surface area contributed by atoms with Gasteiger partial charge in [-0.3, -0.25) is 4.79 Å². The molecule has 1 aliphatic heterocycles. The number of fused-ring (bicyclic) bond motifs is 5. The van der Waals surface area contributed by atoms with Crippen molar-refractivity contribution >= 4 is 5.78 Å². The van der Waals surface area contributed by atoms with Crippen molar-refractivity contribution in [3.63, 3.8) is 0 Å². The molecule has 0 radical (unpaired) electrons. The highest BCUT2D eigenvalue weighted by molar-refractivity contribution is 5.85. The van der Waals surface area contributed by atoms with E-state index < -0.39 is 42.0 Å². The standard InChI is InChI=1S/C29H48O7/c1-13(2)15-10-20(36-21(32)11-15)14(3)17-12-19(31)23-22-16(6-8-29(17,23)5)28(4)9-7-18(30)25(33)24(28)27(35)26(22)34/h13-18,20-27,30,32-35H,6-12H2,1-5H3/t14?,15-,16?,17+,18?,20?,21?,22+,23+,24?,25?,26+,27?,28+,29+/m0/s1. The molecule has 5 rings (SSSR count). The number of hydrogen-bond acceptors (Lipinski definition) is 7. The summed E-state index contributed by atoms with van der Waals surface area (Å²) >= 11 is 0. The lowest BCUT2D eigenvalue weighted by molar-refractivity contribution is -0.251. The normalized spacial score (nSPS) is 56.1. The van der Waals surface area contributed by atoms with E-state index in [-0.39, 0.29) is 46.9 Å². The fourth-order valence-electron chi connectivity index (χ4n) is 10.1. The van der Waals surface area contributed by atoms with Crippen LogP contribution < -0.4 is 0 Å². The molecule has 7 nitrogen and oxygen atoms in total. The third-order valence-electron chi connectivity index (χ3n) is 12.2. The Labute approximate surface area is 215 Å². The van der Waals surface area contributed by atoms with Crippen molar-refractivity contribution < 1.29 is 35.1 Å². The zero-order valence-electron chi connectivity index (χ0n) is 22.6. The zero-order chi connectivity index (χ0) is 26.3. The first-order valence-corrected chi connectivity index (χ1v) is 14.4. The molecule has 8 unspecified atom stereocenters. The maximum atomic E-state index is 13.8. The minimum absolute atomic E-state index is 0.0113. The first kappa shape index (κ1) is 27.0. The second kappa shape index (κ2) is 9.27. The Morgan fingerprint density at radius 3 is 2.22 bits per heavy atom. The molecule has 4 saturated carbocycles. The number of Topliss-reactive ketones (excluding diaryl/α,β-unsaturated/α-hetero) is 1. The first-order valence-electron chi connectivity index (χ1n) is 14.4. The molecule has 0 aromatic carbocycles. The molecule has 5 N–H and O–H groups in total. The van der Waals surface area contributed by atoms with Gasteiger partial charge in [0, 0.05) is 30.6 Å². The van der Waals surface area contributed by atoms with Gasteiger partial charge < -0.3 is 30.3 Å². The van der Waals surface area contributed by atoms with Crippen LogP contribution in [-0.2, 0) is 9.53 Å². The lowest BCUT2D eigenvalue weighted by atomic mass is 9.42. The summed E-state index contributed by atoms with van der Waals surface area (Å²) in [6, 6.07) is 0. The highest BCUT2D eigenvalue weighted by atomic mass is 16.6. The van der Waals surface area contributed by atoms with Gasteiger partial charge in [-0.15, -0.1) is 0 Å². The summed E-state index contributed by atoms with van der Waals surface area (Å²) in [5.41, 5.74) is -0.748. The highest BCUT2D eigenvalue weighted by Gasteiger charge is 2.69. The van der Waals surface area contributed by atoms with Gasteiger partial charge >= 0.3 is 0 Å². The molecule has 0 aromatic rings. The van der Waals surface area contributed by atoms with Crippen molar-refractivity contribution in [2.45, 2.75) is 116 Å². The van der Waals surface area contributed by atoms with Crippen LogP contribution in [-0.4, -0.2) is 68.1 Å². The highest BCUT2D eigenvalue weighted by Crippen LogP contribution is 2.67. The number of carbonyl (C=O) groups is 1. The Morgan fingerprint density at radius 1 is 0.889 bits per heavy atom. The van der Waals surface area contributed by atoms with E-state index in [2.05, 4.69) is 34.6 Å². The minimum atomic E-state index is -1.17. The zero-order valence-corrected chi connectivity index (χ0v) is 22.6. The number of ketones is 1. The Bertz CT molecular complexity index is 847. The van der Waals surface area contributed by atoms with E-state index in [9.17, 15) is 30.3 Å². The summed E-state index contributed by atoms with van der Waals surface area (Å²) in [5, 5.41) is 54.3. The fourth-order valence-corrected chi connectivity index (χ4v) is 10.1. The number of carbonyl (C=O) groups excluding carboxylic acids is 1. The molecule has 5 fully saturated rings. The number of ether oxygens (including phenoxy) is 1. The molecular weight excluding hydrogens is 460 g/mol. The van der Waals surface area contributed by atoms with Crippen molar-refractivity contribution in [1.29, 1.82) is 0 Å². The topological polar surface area (TPSA) is 127 Å². The predicted molar refractivity (Wildman–Crippen MR) is 133 cm³/mol. The van der Waals surface area contributed by atoms with Crippen LogP contribution in [0.4, 0.5) is 0 Å². The lowest BCUT2D eigenvalue weighted by Gasteiger charge is -2.64. The van der Waals surface area contributed by atoms with Crippen LogP contribution in [0.15, 0.2) is 0 Å². The maximum absolute atomic E-state index is 13.8. The molecule has 0 amide bonds. The number of rotatable bonds is 3. The molecule has 1 saturated heterocycles. The second-order valence-electron chi connectivity index (χ2n) is 14.1. The summed E-state index contributed by atoms with van der Waals surface area (Å²) in [5.74, 6) is -0.0824. The van der Waals surface area contributed by atoms with Crippen molar-refractivity contribution in [1.82, 2.24) is 0 Å². The van der Waals surface area contributed by atoms with E-state index in [1.807, 2.05) is 0 Å². The molecule has 0 spiro atoms. The smallest absolute Gasteiger partial charge is 0.155 e. The Morgan fingerprint density at radius 2 is 1.56 bits per heavy atom. The molecule has 206 valence electrons. The van der Waals surface area contributed by atoms with E-state index in [0.717, 1.165) is 19.3 Å². The van der Waals surface area contributed by atoms with Gasteiger partial charge in [-0.2, -0.15) is 0 Å². The number of aliphatic hydroxyl groups is 5. The summed E-state index contributed by atoms with van der Waals surface area (Å²) in [7, 11) is 0. The predicted octanol–water partition coefficient (Wildman–Crippen LogP) is 2.50. The van der Waals surface area contributed by atoms with Gasteiger partial charge in [0.2, 0.25) is 0 Å². The van der Waals surface area contributed by atoms with Crippen molar-refractivity contribution in [3.8, 4) is 0 Å². The van der Waals surface area contributed by atoms with Gasteiger partial charge in [0.05, 0.1) is 30.5 Å². The van der Waals surface area contributed by atoms with Gasteiger partial charge in [-0.1, -0.05) is 34.6 Å². The summed E-state index contributed by atoms with van der Waals surface area (Å²) in [6.07, 6.45) is -0.315. The summed E-state index contributed by atoms with van der Waals surface area (Å²) in [4.78, 5) is 13.8. The molecule has 15 atom stereocenters. The monoisotopic (exact) mass is 508 g/mol. The largest absolute Gasteiger partial charge is 0.390 e. The van der Waals surface area contributed by atoms with Crippen LogP contribution in [0.25, 0.3) is 0 Å². The molecule has 36 heavy (non-hydrogen) atoms. The van der Waals surface area contributed by atoms with Crippen molar-refractivity contribution in [2.75, 3.05) is 0 Å². The average Bonchev–Trinajstić information content (AvgIpc) is 3.09. The molecule has 5 aliphatic rings. The third-order valence-corrected chi connectivity index (χ3v) is 12.2. The third kappa shape index (κ3) is 3.86. The van der Waals surface area contributed by atoms with Crippen LogP contribution in [0.2, 0.25) is 0 Å². The lowest BCUT2D eigenvalue weighted by Crippen LogP contribution is -2.68. The van der Waals surface area contributed by atoms with Crippen LogP contribution in [0, 0.1) is 58.2 Å². The van der Waals surface area contributed by atoms with Crippen molar-refractivity contribution in [2.24, 2.45) is 58.2 Å². The van der Waals surface area contributed by atoms with E-state index in [1.54, 1.807) is 0 Å². The summed E-state index contributed by atoms with van der Waals surface area (Å²) in [6.45, 7) is 10.8. The van der Waals surface area contributed by atoms with Crippen LogP contribution in [0.3, 0.4) is 0 Å². The summed E-state index contributed by atoms with van der Waals surface area (Å²) < 4.78 is 6.06. The fraction of sp³-hybridized carbons (Fsp3) is 0.966. The second-order valence-corrected chi connectivity index (χ2v) is 14.1. The van der Waals surface area contributed by atoms with Gasteiger partial charge in [0.1, 0.15) is 5.78 Å². The Hall–Kier alpha value is -0.570. The van der Waals surface area contributed by atoms with E-state index in [0.29, 0.717) is 37.5 Å². The first-order chi connectivity index (χ1) is 16.8. The van der Waals surface area contributed by atoms with Gasteiger partial charge in [-0.05, 0) is 72.5 Å². The molecule has 0 bridgehead atoms. The minimum Gasteiger partial charge on any atom is -0.390 e. The van der Waals surface area contributed by atoms with Crippen molar-refractivity contribution in [3.05, 3.63) is 0 Å². The van der Waals surface area contributed by atoms with Gasteiger partial charge in [0.25, 0.3) is 0 Å². The van der Waals surface area contributed by atoms with E-state index in [1.165, 1.54) is 0 Å². The SMILES string of the molecule is CC(C)[C@@H]1CC(O)OC(C(C)[C@H]2CC(=O)[C@@H]3[C@H]4C(CC[C@]23C)[C@@]2(C)CCC(O)C(O)C2C(O)[C@@H]4O)C1. The molecule has 0 aromatic heterocycles. The Balaban J connectivity index is 1.44. The molecule has 4 aliphatic carbocycles. The molecular formula is C29H48O7.